The first-order valence-corrected chi connectivity index (χ1v) is 7.17. The van der Waals surface area contributed by atoms with Gasteiger partial charge in [0.15, 0.2) is 0 Å². The summed E-state index contributed by atoms with van der Waals surface area (Å²) >= 11 is 0. The molecular formula is C14H12N2OS. The first-order chi connectivity index (χ1) is 8.74. The predicted molar refractivity (Wildman–Crippen MR) is 73.9 cm³/mol. The molecule has 0 aliphatic carbocycles. The quantitative estimate of drug-likeness (QED) is 0.766. The predicted octanol–water partition coefficient (Wildman–Crippen LogP) is 2.97. The molecule has 3 aromatic rings. The van der Waals surface area contributed by atoms with Gasteiger partial charge in [0, 0.05) is 45.3 Å². The highest BCUT2D eigenvalue weighted by molar-refractivity contribution is 7.84. The second-order valence-corrected chi connectivity index (χ2v) is 5.50. The van der Waals surface area contributed by atoms with Gasteiger partial charge in [0.2, 0.25) is 0 Å². The molecule has 4 heteroatoms. The molecule has 0 fully saturated rings. The fourth-order valence-corrected chi connectivity index (χ4v) is 2.52. The molecule has 3 rings (SSSR count). The Bertz CT molecular complexity index is 733. The summed E-state index contributed by atoms with van der Waals surface area (Å²) < 4.78 is 11.5. The fourth-order valence-electron chi connectivity index (χ4n) is 1.95. The van der Waals surface area contributed by atoms with Gasteiger partial charge in [-0.1, -0.05) is 12.1 Å². The number of aromatic nitrogens is 2. The van der Waals surface area contributed by atoms with Crippen LogP contribution in [-0.4, -0.2) is 20.4 Å². The second-order valence-electron chi connectivity index (χ2n) is 4.12. The van der Waals surface area contributed by atoms with Crippen molar-refractivity contribution in [2.75, 3.05) is 6.26 Å². The third-order valence-corrected chi connectivity index (χ3v) is 3.82. The lowest BCUT2D eigenvalue weighted by atomic mass is 10.1. The summed E-state index contributed by atoms with van der Waals surface area (Å²) in [6.45, 7) is 0. The average Bonchev–Trinajstić information content (AvgIpc) is 2.86. The standard InChI is InChI=1S/C14H12N2OS/c1-18(17)13-4-2-3-10(8-13)12-7-11-5-6-15-14(11)16-9-12/h2-9H,1H3,(H,15,16). The fraction of sp³-hybridized carbons (Fsp3) is 0.0714. The van der Waals surface area contributed by atoms with Crippen molar-refractivity contribution in [1.29, 1.82) is 0 Å². The number of pyridine rings is 1. The van der Waals surface area contributed by atoms with Crippen LogP contribution in [0.15, 0.2) is 53.7 Å². The Morgan fingerprint density at radius 1 is 1.17 bits per heavy atom. The van der Waals surface area contributed by atoms with Gasteiger partial charge in [-0.05, 0) is 29.8 Å². The highest BCUT2D eigenvalue weighted by atomic mass is 32.2. The van der Waals surface area contributed by atoms with E-state index in [1.54, 1.807) is 6.26 Å². The summed E-state index contributed by atoms with van der Waals surface area (Å²) in [7, 11) is -0.959. The monoisotopic (exact) mass is 256 g/mol. The van der Waals surface area contributed by atoms with Crippen LogP contribution in [0.5, 0.6) is 0 Å². The molecular weight excluding hydrogens is 244 g/mol. The van der Waals surface area contributed by atoms with Crippen LogP contribution in [0.2, 0.25) is 0 Å². The summed E-state index contributed by atoms with van der Waals surface area (Å²) in [5.41, 5.74) is 2.96. The molecule has 1 aromatic carbocycles. The van der Waals surface area contributed by atoms with Crippen LogP contribution >= 0.6 is 0 Å². The Morgan fingerprint density at radius 2 is 2.06 bits per heavy atom. The molecule has 0 saturated carbocycles. The van der Waals surface area contributed by atoms with Crippen molar-refractivity contribution in [2.45, 2.75) is 4.90 Å². The minimum absolute atomic E-state index is 0.835. The Kier molecular flexibility index (Phi) is 2.72. The van der Waals surface area contributed by atoms with E-state index in [0.29, 0.717) is 0 Å². The maximum absolute atomic E-state index is 11.5. The largest absolute Gasteiger partial charge is 0.346 e. The zero-order valence-corrected chi connectivity index (χ0v) is 10.7. The number of nitrogens with zero attached hydrogens (tertiary/aromatic N) is 1. The number of hydrogen-bond acceptors (Lipinski definition) is 2. The van der Waals surface area contributed by atoms with Crippen molar-refractivity contribution in [3.8, 4) is 11.1 Å². The third-order valence-electron chi connectivity index (χ3n) is 2.90. The summed E-state index contributed by atoms with van der Waals surface area (Å²) in [6, 6.07) is 11.8. The van der Waals surface area contributed by atoms with Crippen molar-refractivity contribution < 1.29 is 4.21 Å². The molecule has 2 aromatic heterocycles. The third kappa shape index (κ3) is 1.95. The van der Waals surface area contributed by atoms with E-state index in [-0.39, 0.29) is 0 Å². The van der Waals surface area contributed by atoms with Crippen LogP contribution in [0.3, 0.4) is 0 Å². The number of nitrogens with one attached hydrogen (secondary N) is 1. The van der Waals surface area contributed by atoms with Crippen LogP contribution < -0.4 is 0 Å². The van der Waals surface area contributed by atoms with E-state index in [2.05, 4.69) is 16.0 Å². The van der Waals surface area contributed by atoms with E-state index in [1.165, 1.54) is 0 Å². The molecule has 0 aliphatic heterocycles. The Labute approximate surface area is 107 Å². The molecule has 1 atom stereocenters. The smallest absolute Gasteiger partial charge is 0.137 e. The van der Waals surface area contributed by atoms with Gasteiger partial charge in [-0.3, -0.25) is 4.21 Å². The van der Waals surface area contributed by atoms with Gasteiger partial charge >= 0.3 is 0 Å². The number of rotatable bonds is 2. The lowest BCUT2D eigenvalue weighted by Gasteiger charge is -2.03. The molecule has 18 heavy (non-hydrogen) atoms. The second kappa shape index (κ2) is 4.38. The first kappa shape index (κ1) is 11.2. The van der Waals surface area contributed by atoms with Crippen molar-refractivity contribution in [3.63, 3.8) is 0 Å². The molecule has 3 nitrogen and oxygen atoms in total. The van der Waals surface area contributed by atoms with Crippen molar-refractivity contribution in [1.82, 2.24) is 9.97 Å². The van der Waals surface area contributed by atoms with Gasteiger partial charge in [-0.2, -0.15) is 0 Å². The normalized spacial score (nSPS) is 12.7. The molecule has 0 aliphatic rings. The molecule has 1 unspecified atom stereocenters. The van der Waals surface area contributed by atoms with Crippen LogP contribution in [0.1, 0.15) is 0 Å². The molecule has 2 heterocycles. The molecule has 90 valence electrons. The average molecular weight is 256 g/mol. The van der Waals surface area contributed by atoms with Crippen molar-refractivity contribution in [3.05, 3.63) is 48.8 Å². The van der Waals surface area contributed by atoms with Crippen LogP contribution in [0.25, 0.3) is 22.2 Å². The van der Waals surface area contributed by atoms with E-state index in [0.717, 1.165) is 27.1 Å². The molecule has 0 spiro atoms. The van der Waals surface area contributed by atoms with E-state index in [1.807, 2.05) is 42.7 Å². The topological polar surface area (TPSA) is 45.8 Å². The molecule has 0 amide bonds. The van der Waals surface area contributed by atoms with Gasteiger partial charge in [-0.25, -0.2) is 4.98 Å². The molecule has 0 bridgehead atoms. The molecule has 0 radical (unpaired) electrons. The summed E-state index contributed by atoms with van der Waals surface area (Å²) in [6.07, 6.45) is 5.39. The first-order valence-electron chi connectivity index (χ1n) is 5.61. The van der Waals surface area contributed by atoms with Crippen molar-refractivity contribution >= 4 is 21.8 Å². The van der Waals surface area contributed by atoms with Crippen LogP contribution in [0.4, 0.5) is 0 Å². The summed E-state index contributed by atoms with van der Waals surface area (Å²) in [5, 5.41) is 1.08. The van der Waals surface area contributed by atoms with E-state index in [9.17, 15) is 4.21 Å². The Hall–Kier alpha value is -1.94. The Balaban J connectivity index is 2.13. The lowest BCUT2D eigenvalue weighted by Crippen LogP contribution is -1.88. The maximum atomic E-state index is 11.5. The number of benzene rings is 1. The van der Waals surface area contributed by atoms with E-state index >= 15 is 0 Å². The molecule has 0 saturated heterocycles. The SMILES string of the molecule is CS(=O)c1cccc(-c2cnc3[nH]ccc3c2)c1. The van der Waals surface area contributed by atoms with Gasteiger partial charge in [0.05, 0.1) is 0 Å². The van der Waals surface area contributed by atoms with E-state index in [4.69, 9.17) is 0 Å². The van der Waals surface area contributed by atoms with Crippen LogP contribution in [0, 0.1) is 0 Å². The zero-order valence-electron chi connectivity index (χ0n) is 9.88. The van der Waals surface area contributed by atoms with Gasteiger partial charge in [0.1, 0.15) is 5.65 Å². The van der Waals surface area contributed by atoms with Crippen molar-refractivity contribution in [2.24, 2.45) is 0 Å². The minimum Gasteiger partial charge on any atom is -0.346 e. The number of fused-ring (bicyclic) bond motifs is 1. The number of aromatic amines is 1. The maximum Gasteiger partial charge on any atom is 0.137 e. The minimum atomic E-state index is -0.959. The zero-order chi connectivity index (χ0) is 12.5. The summed E-state index contributed by atoms with van der Waals surface area (Å²) in [5.74, 6) is 0. The molecule has 1 N–H and O–H groups in total. The Morgan fingerprint density at radius 3 is 2.89 bits per heavy atom. The van der Waals surface area contributed by atoms with Gasteiger partial charge in [0.25, 0.3) is 0 Å². The van der Waals surface area contributed by atoms with Gasteiger partial charge < -0.3 is 4.98 Å². The highest BCUT2D eigenvalue weighted by Gasteiger charge is 2.04. The lowest BCUT2D eigenvalue weighted by molar-refractivity contribution is 0.687. The highest BCUT2D eigenvalue weighted by Crippen LogP contribution is 2.23. The number of hydrogen-bond donors (Lipinski definition) is 1. The van der Waals surface area contributed by atoms with E-state index < -0.39 is 10.8 Å². The van der Waals surface area contributed by atoms with Crippen LogP contribution in [-0.2, 0) is 10.8 Å². The van der Waals surface area contributed by atoms with Gasteiger partial charge in [-0.15, -0.1) is 0 Å². The number of H-pyrrole nitrogens is 1. The summed E-state index contributed by atoms with van der Waals surface area (Å²) in [4.78, 5) is 8.26.